The number of alkyl halides is 3. The van der Waals surface area contributed by atoms with Crippen molar-refractivity contribution in [2.75, 3.05) is 44.3 Å². The molecule has 2 saturated heterocycles. The largest absolute Gasteiger partial charge is 0.490 e. The quantitative estimate of drug-likeness (QED) is 0.756. The third-order valence-corrected chi connectivity index (χ3v) is 5.53. The van der Waals surface area contributed by atoms with Gasteiger partial charge in [0.15, 0.2) is 0 Å². The Hall–Kier alpha value is -1.98. The lowest BCUT2D eigenvalue weighted by Crippen LogP contribution is -2.52. The number of halogens is 3. The van der Waals surface area contributed by atoms with Gasteiger partial charge in [0, 0.05) is 25.5 Å². The molecular formula is C19H27F3N4O4. The maximum absolute atomic E-state index is 10.6. The van der Waals surface area contributed by atoms with Gasteiger partial charge in [0.05, 0.1) is 25.4 Å². The summed E-state index contributed by atoms with van der Waals surface area (Å²) in [4.78, 5) is 22.5. The van der Waals surface area contributed by atoms with Crippen LogP contribution in [0, 0.1) is 0 Å². The maximum atomic E-state index is 10.6. The van der Waals surface area contributed by atoms with Gasteiger partial charge >= 0.3 is 12.1 Å². The van der Waals surface area contributed by atoms with Crippen LogP contribution in [0.5, 0.6) is 0 Å². The first kappa shape index (κ1) is 22.7. The molecule has 0 amide bonds. The summed E-state index contributed by atoms with van der Waals surface area (Å²) < 4.78 is 44.0. The molecule has 11 heteroatoms. The van der Waals surface area contributed by atoms with Crippen LogP contribution < -0.4 is 4.90 Å². The van der Waals surface area contributed by atoms with Crippen molar-refractivity contribution < 1.29 is 32.5 Å². The van der Waals surface area contributed by atoms with Gasteiger partial charge in [-0.1, -0.05) is 0 Å². The van der Waals surface area contributed by atoms with Crippen LogP contribution in [0.3, 0.4) is 0 Å². The van der Waals surface area contributed by atoms with E-state index in [4.69, 9.17) is 19.4 Å². The highest BCUT2D eigenvalue weighted by molar-refractivity contribution is 5.73. The molecule has 3 fully saturated rings. The minimum Gasteiger partial charge on any atom is -0.475 e. The Balaban J connectivity index is 0.000000318. The Bertz CT molecular complexity index is 673. The normalized spacial score (nSPS) is 26.8. The van der Waals surface area contributed by atoms with Crippen LogP contribution in [-0.4, -0.2) is 89.8 Å². The molecule has 1 aromatic heterocycles. The van der Waals surface area contributed by atoms with E-state index < -0.39 is 12.1 Å². The lowest BCUT2D eigenvalue weighted by atomic mass is 10.1. The number of ether oxygens (including phenoxy) is 2. The van der Waals surface area contributed by atoms with Crippen LogP contribution >= 0.6 is 0 Å². The number of aromatic nitrogens is 2. The van der Waals surface area contributed by atoms with Crippen molar-refractivity contribution in [1.82, 2.24) is 14.9 Å². The third-order valence-electron chi connectivity index (χ3n) is 5.53. The molecule has 3 heterocycles. The molecule has 2 aliphatic heterocycles. The fourth-order valence-corrected chi connectivity index (χ4v) is 4.12. The van der Waals surface area contributed by atoms with Crippen molar-refractivity contribution in [2.45, 2.75) is 50.1 Å². The average Bonchev–Trinajstić information content (AvgIpc) is 3.38. The lowest BCUT2D eigenvalue weighted by Gasteiger charge is -2.39. The number of likely N-dealkylation sites (tertiary alicyclic amines) is 1. The number of fused-ring (bicyclic) bond motifs is 1. The number of nitrogens with zero attached hydrogens (tertiary/aromatic N) is 4. The number of carboxylic acids is 1. The highest BCUT2D eigenvalue weighted by Crippen LogP contribution is 2.33. The first-order valence-corrected chi connectivity index (χ1v) is 10.2. The second-order valence-corrected chi connectivity index (χ2v) is 7.48. The molecule has 168 valence electrons. The fraction of sp³-hybridized carbons (Fsp3) is 0.737. The summed E-state index contributed by atoms with van der Waals surface area (Å²) in [5.41, 5.74) is 0. The molecule has 1 aromatic rings. The summed E-state index contributed by atoms with van der Waals surface area (Å²) >= 11 is 0. The molecular weight excluding hydrogens is 405 g/mol. The van der Waals surface area contributed by atoms with Crippen LogP contribution in [0.2, 0.25) is 0 Å². The van der Waals surface area contributed by atoms with E-state index in [1.807, 2.05) is 18.5 Å². The van der Waals surface area contributed by atoms with E-state index in [1.165, 1.54) is 25.9 Å². The first-order valence-electron chi connectivity index (χ1n) is 10.2. The predicted octanol–water partition coefficient (Wildman–Crippen LogP) is 1.96. The van der Waals surface area contributed by atoms with Crippen LogP contribution in [-0.2, 0) is 14.3 Å². The highest BCUT2D eigenvalue weighted by Gasteiger charge is 2.44. The van der Waals surface area contributed by atoms with E-state index in [0.29, 0.717) is 6.04 Å². The molecule has 0 spiro atoms. The van der Waals surface area contributed by atoms with Crippen molar-refractivity contribution in [2.24, 2.45) is 0 Å². The van der Waals surface area contributed by atoms with Crippen molar-refractivity contribution >= 4 is 11.9 Å². The molecule has 8 nitrogen and oxygen atoms in total. The van der Waals surface area contributed by atoms with Crippen LogP contribution in [0.25, 0.3) is 0 Å². The Kier molecular flexibility index (Phi) is 7.84. The van der Waals surface area contributed by atoms with Gasteiger partial charge in [0.1, 0.15) is 6.10 Å². The van der Waals surface area contributed by atoms with E-state index in [9.17, 15) is 13.2 Å². The summed E-state index contributed by atoms with van der Waals surface area (Å²) in [6, 6.07) is 2.21. The summed E-state index contributed by atoms with van der Waals surface area (Å²) in [5, 5.41) is 7.12. The minimum absolute atomic E-state index is 0.158. The van der Waals surface area contributed by atoms with Crippen molar-refractivity contribution in [1.29, 1.82) is 0 Å². The van der Waals surface area contributed by atoms with Gasteiger partial charge in [-0.2, -0.15) is 13.2 Å². The third kappa shape index (κ3) is 6.02. The number of morpholine rings is 1. The molecule has 1 saturated carbocycles. The number of aliphatic carboxylic acids is 1. The van der Waals surface area contributed by atoms with E-state index in [0.717, 1.165) is 45.1 Å². The molecule has 0 radical (unpaired) electrons. The second-order valence-electron chi connectivity index (χ2n) is 7.48. The lowest BCUT2D eigenvalue weighted by molar-refractivity contribution is -0.192. The maximum Gasteiger partial charge on any atom is 0.490 e. The molecule has 0 bridgehead atoms. The second kappa shape index (κ2) is 10.4. The number of hydrogen-bond donors (Lipinski definition) is 1. The van der Waals surface area contributed by atoms with Crippen LogP contribution in [0.15, 0.2) is 18.5 Å². The van der Waals surface area contributed by atoms with Crippen LogP contribution in [0.4, 0.5) is 19.1 Å². The highest BCUT2D eigenvalue weighted by atomic mass is 19.4. The van der Waals surface area contributed by atoms with Gasteiger partial charge in [-0.05, 0) is 44.8 Å². The Labute approximate surface area is 173 Å². The topological polar surface area (TPSA) is 88.0 Å². The van der Waals surface area contributed by atoms with Gasteiger partial charge in [0.25, 0.3) is 0 Å². The molecule has 4 rings (SSSR count). The Morgan fingerprint density at radius 2 is 1.87 bits per heavy atom. The summed E-state index contributed by atoms with van der Waals surface area (Å²) in [6.45, 7) is 5.93. The summed E-state index contributed by atoms with van der Waals surface area (Å²) in [5.74, 6) is -1.93. The van der Waals surface area contributed by atoms with Crippen LogP contribution in [0.1, 0.15) is 25.7 Å². The molecule has 30 heavy (non-hydrogen) atoms. The van der Waals surface area contributed by atoms with Crippen molar-refractivity contribution in [3.05, 3.63) is 18.5 Å². The molecule has 1 aliphatic carbocycles. The number of anilines is 1. The average molecular weight is 432 g/mol. The van der Waals surface area contributed by atoms with Crippen molar-refractivity contribution in [3.8, 4) is 0 Å². The smallest absolute Gasteiger partial charge is 0.475 e. The molecule has 0 unspecified atom stereocenters. The summed E-state index contributed by atoms with van der Waals surface area (Å²) in [7, 11) is 0. The minimum atomic E-state index is -5.08. The number of rotatable bonds is 5. The van der Waals surface area contributed by atoms with Gasteiger partial charge in [-0.25, -0.2) is 14.8 Å². The van der Waals surface area contributed by atoms with E-state index in [-0.39, 0.29) is 12.2 Å². The van der Waals surface area contributed by atoms with Gasteiger partial charge in [-0.3, -0.25) is 0 Å². The number of hydrogen-bond acceptors (Lipinski definition) is 7. The van der Waals surface area contributed by atoms with Gasteiger partial charge in [-0.15, -0.1) is 0 Å². The van der Waals surface area contributed by atoms with E-state index in [1.54, 1.807) is 0 Å². The molecule has 1 N–H and O–H groups in total. The number of carbonyl (C=O) groups is 1. The first-order chi connectivity index (χ1) is 14.4. The predicted molar refractivity (Wildman–Crippen MR) is 101 cm³/mol. The molecule has 3 atom stereocenters. The van der Waals surface area contributed by atoms with Gasteiger partial charge in [0.2, 0.25) is 5.95 Å². The van der Waals surface area contributed by atoms with Gasteiger partial charge < -0.3 is 24.4 Å². The van der Waals surface area contributed by atoms with E-state index in [2.05, 4.69) is 19.8 Å². The number of carboxylic acid groups (broad SMARTS) is 1. The molecule has 0 aromatic carbocycles. The molecule has 3 aliphatic rings. The summed E-state index contributed by atoms with van der Waals surface area (Å²) in [6.07, 6.45) is 3.75. The van der Waals surface area contributed by atoms with Crippen molar-refractivity contribution in [3.63, 3.8) is 0 Å². The zero-order valence-corrected chi connectivity index (χ0v) is 16.6. The Morgan fingerprint density at radius 3 is 2.50 bits per heavy atom. The fourth-order valence-electron chi connectivity index (χ4n) is 4.12. The monoisotopic (exact) mass is 432 g/mol. The standard InChI is InChI=1S/C17H26N4O2.C2HF3O2/c1-2-9-20(8-1)10-12-22-15-5-4-14-16(15)23-13-11-21(14)17-18-6-3-7-19-17;3-2(4,5)1(6)7/h3,6-7,14-16H,1-2,4-5,8-13H2;(H,6,7)/t14-,15+,16+;/m0./s1. The zero-order valence-electron chi connectivity index (χ0n) is 16.6. The Morgan fingerprint density at radius 1 is 1.20 bits per heavy atom. The van der Waals surface area contributed by atoms with E-state index >= 15 is 0 Å². The zero-order chi connectivity index (χ0) is 21.6. The SMILES string of the molecule is O=C(O)C(F)(F)F.c1cnc(N2CCO[C@H]3[C@H](OCCN4CCCC4)CC[C@@H]32)nc1.